The molecule has 0 saturated carbocycles. The van der Waals surface area contributed by atoms with Crippen LogP contribution in [-0.2, 0) is 9.53 Å². The van der Waals surface area contributed by atoms with Gasteiger partial charge in [0.2, 0.25) is 5.91 Å². The van der Waals surface area contributed by atoms with Gasteiger partial charge < -0.3 is 20.7 Å². The Morgan fingerprint density at radius 2 is 2.10 bits per heavy atom. The van der Waals surface area contributed by atoms with Crippen molar-refractivity contribution in [1.82, 2.24) is 4.90 Å². The standard InChI is InChI=1S/C14H21Cl2N3O2/c1-3-21-7-6-19(2)5-4-13(20)18-14-11(16)8-10(15)9-12(14)17/h8-9H,3-7,17H2,1-2H3,(H,18,20). The van der Waals surface area contributed by atoms with Crippen molar-refractivity contribution in [2.45, 2.75) is 13.3 Å². The molecule has 0 aromatic heterocycles. The molecule has 0 aliphatic carbocycles. The maximum Gasteiger partial charge on any atom is 0.225 e. The Hall–Kier alpha value is -1.01. The number of nitrogens with zero attached hydrogens (tertiary/aromatic N) is 1. The molecule has 0 spiro atoms. The number of carbonyl (C=O) groups excluding carboxylic acids is 1. The third kappa shape index (κ3) is 6.52. The average Bonchev–Trinajstić information content (AvgIpc) is 2.41. The van der Waals surface area contributed by atoms with Gasteiger partial charge in [-0.15, -0.1) is 0 Å². The summed E-state index contributed by atoms with van der Waals surface area (Å²) >= 11 is 11.8. The minimum atomic E-state index is -0.144. The molecule has 5 nitrogen and oxygen atoms in total. The van der Waals surface area contributed by atoms with E-state index in [-0.39, 0.29) is 5.91 Å². The minimum Gasteiger partial charge on any atom is -0.397 e. The van der Waals surface area contributed by atoms with E-state index in [0.29, 0.717) is 47.6 Å². The molecule has 1 rings (SSSR count). The van der Waals surface area contributed by atoms with E-state index < -0.39 is 0 Å². The van der Waals surface area contributed by atoms with Crippen LogP contribution in [0.25, 0.3) is 0 Å². The predicted octanol–water partition coefficient (Wildman–Crippen LogP) is 2.87. The molecule has 118 valence electrons. The number of likely N-dealkylation sites (N-methyl/N-ethyl adjacent to an activating group) is 1. The highest BCUT2D eigenvalue weighted by Crippen LogP contribution is 2.32. The zero-order chi connectivity index (χ0) is 15.8. The molecule has 0 heterocycles. The summed E-state index contributed by atoms with van der Waals surface area (Å²) in [5.74, 6) is -0.144. The number of halogens is 2. The lowest BCUT2D eigenvalue weighted by molar-refractivity contribution is -0.116. The lowest BCUT2D eigenvalue weighted by Crippen LogP contribution is -2.27. The Morgan fingerprint density at radius 1 is 1.38 bits per heavy atom. The first-order valence-corrected chi connectivity index (χ1v) is 7.50. The molecule has 0 saturated heterocycles. The molecule has 0 atom stereocenters. The molecule has 0 unspecified atom stereocenters. The second-order valence-corrected chi connectivity index (χ2v) is 5.49. The second kappa shape index (κ2) is 9.10. The first kappa shape index (κ1) is 18.0. The average molecular weight is 334 g/mol. The van der Waals surface area contributed by atoms with Crippen LogP contribution in [0, 0.1) is 0 Å². The van der Waals surface area contributed by atoms with E-state index in [9.17, 15) is 4.79 Å². The monoisotopic (exact) mass is 333 g/mol. The van der Waals surface area contributed by atoms with Gasteiger partial charge in [-0.3, -0.25) is 4.79 Å². The van der Waals surface area contributed by atoms with E-state index in [4.69, 9.17) is 33.7 Å². The Morgan fingerprint density at radius 3 is 2.71 bits per heavy atom. The Labute approximate surface area is 135 Å². The first-order chi connectivity index (χ1) is 9.93. The fourth-order valence-electron chi connectivity index (χ4n) is 1.70. The quantitative estimate of drug-likeness (QED) is 0.567. The molecule has 7 heteroatoms. The number of nitrogens with one attached hydrogen (secondary N) is 1. The van der Waals surface area contributed by atoms with Crippen LogP contribution in [0.15, 0.2) is 12.1 Å². The summed E-state index contributed by atoms with van der Waals surface area (Å²) < 4.78 is 5.26. The number of ether oxygens (including phenoxy) is 1. The van der Waals surface area contributed by atoms with E-state index in [1.54, 1.807) is 12.1 Å². The molecule has 1 aromatic rings. The predicted molar refractivity (Wildman–Crippen MR) is 88.1 cm³/mol. The van der Waals surface area contributed by atoms with Gasteiger partial charge in [0.25, 0.3) is 0 Å². The van der Waals surface area contributed by atoms with Crippen LogP contribution < -0.4 is 11.1 Å². The number of nitrogens with two attached hydrogens (primary N) is 1. The molecule has 1 amide bonds. The fraction of sp³-hybridized carbons (Fsp3) is 0.500. The maximum absolute atomic E-state index is 11.9. The summed E-state index contributed by atoms with van der Waals surface area (Å²) in [5, 5.41) is 3.48. The summed E-state index contributed by atoms with van der Waals surface area (Å²) in [6.45, 7) is 4.72. The molecule has 0 aliphatic heterocycles. The van der Waals surface area contributed by atoms with Gasteiger partial charge in [-0.2, -0.15) is 0 Å². The summed E-state index contributed by atoms with van der Waals surface area (Å²) in [6.07, 6.45) is 0.348. The third-order valence-corrected chi connectivity index (χ3v) is 3.41. The molecule has 1 aromatic carbocycles. The van der Waals surface area contributed by atoms with Crippen LogP contribution in [0.4, 0.5) is 11.4 Å². The van der Waals surface area contributed by atoms with Crippen molar-refractivity contribution >= 4 is 40.5 Å². The van der Waals surface area contributed by atoms with Crippen molar-refractivity contribution in [1.29, 1.82) is 0 Å². The van der Waals surface area contributed by atoms with E-state index in [1.165, 1.54) is 0 Å². The molecule has 0 radical (unpaired) electrons. The van der Waals surface area contributed by atoms with Crippen molar-refractivity contribution in [3.63, 3.8) is 0 Å². The van der Waals surface area contributed by atoms with Gasteiger partial charge in [0, 0.05) is 31.1 Å². The van der Waals surface area contributed by atoms with Gasteiger partial charge in [0.15, 0.2) is 0 Å². The molecule has 0 bridgehead atoms. The number of nitrogen functional groups attached to an aromatic ring is 1. The lowest BCUT2D eigenvalue weighted by Gasteiger charge is -2.16. The Balaban J connectivity index is 2.44. The van der Waals surface area contributed by atoms with Crippen molar-refractivity contribution < 1.29 is 9.53 Å². The number of hydrogen-bond donors (Lipinski definition) is 2. The van der Waals surface area contributed by atoms with Crippen LogP contribution in [0.2, 0.25) is 10.0 Å². The van der Waals surface area contributed by atoms with E-state index in [1.807, 2.05) is 18.9 Å². The number of benzene rings is 1. The maximum atomic E-state index is 11.9. The zero-order valence-electron chi connectivity index (χ0n) is 12.3. The zero-order valence-corrected chi connectivity index (χ0v) is 13.8. The van der Waals surface area contributed by atoms with Crippen LogP contribution in [0.1, 0.15) is 13.3 Å². The normalized spacial score (nSPS) is 10.9. The first-order valence-electron chi connectivity index (χ1n) is 6.74. The van der Waals surface area contributed by atoms with Crippen LogP contribution >= 0.6 is 23.2 Å². The van der Waals surface area contributed by atoms with Crippen molar-refractivity contribution in [2.24, 2.45) is 0 Å². The molecule has 21 heavy (non-hydrogen) atoms. The number of amides is 1. The van der Waals surface area contributed by atoms with Gasteiger partial charge in [-0.05, 0) is 26.1 Å². The van der Waals surface area contributed by atoms with Gasteiger partial charge in [-0.1, -0.05) is 23.2 Å². The van der Waals surface area contributed by atoms with Crippen LogP contribution in [-0.4, -0.2) is 44.2 Å². The molecule has 3 N–H and O–H groups in total. The highest BCUT2D eigenvalue weighted by molar-refractivity contribution is 6.37. The fourth-order valence-corrected chi connectivity index (χ4v) is 2.25. The largest absolute Gasteiger partial charge is 0.397 e. The Kier molecular flexibility index (Phi) is 7.82. The molecule has 0 fully saturated rings. The SMILES string of the molecule is CCOCCN(C)CCC(=O)Nc1c(N)cc(Cl)cc1Cl. The van der Waals surface area contributed by atoms with Gasteiger partial charge in [0.1, 0.15) is 0 Å². The van der Waals surface area contributed by atoms with Crippen molar-refractivity contribution in [2.75, 3.05) is 44.4 Å². The van der Waals surface area contributed by atoms with Crippen molar-refractivity contribution in [3.8, 4) is 0 Å². The van der Waals surface area contributed by atoms with Crippen LogP contribution in [0.3, 0.4) is 0 Å². The van der Waals surface area contributed by atoms with E-state index >= 15 is 0 Å². The summed E-state index contributed by atoms with van der Waals surface area (Å²) in [5.41, 5.74) is 6.55. The second-order valence-electron chi connectivity index (χ2n) is 4.65. The van der Waals surface area contributed by atoms with E-state index in [2.05, 4.69) is 5.32 Å². The molecular weight excluding hydrogens is 313 g/mol. The van der Waals surface area contributed by atoms with E-state index in [0.717, 1.165) is 6.54 Å². The highest BCUT2D eigenvalue weighted by atomic mass is 35.5. The third-order valence-electron chi connectivity index (χ3n) is 2.89. The smallest absolute Gasteiger partial charge is 0.225 e. The number of hydrogen-bond acceptors (Lipinski definition) is 4. The summed E-state index contributed by atoms with van der Waals surface area (Å²) in [7, 11) is 1.94. The number of rotatable bonds is 8. The van der Waals surface area contributed by atoms with Crippen LogP contribution in [0.5, 0.6) is 0 Å². The highest BCUT2D eigenvalue weighted by Gasteiger charge is 2.11. The number of carbonyl (C=O) groups is 1. The Bertz CT molecular complexity index is 460. The molecular formula is C14H21Cl2N3O2. The summed E-state index contributed by atoms with van der Waals surface area (Å²) in [6, 6.07) is 3.10. The van der Waals surface area contributed by atoms with Gasteiger partial charge >= 0.3 is 0 Å². The number of anilines is 2. The van der Waals surface area contributed by atoms with Crippen molar-refractivity contribution in [3.05, 3.63) is 22.2 Å². The summed E-state index contributed by atoms with van der Waals surface area (Å²) in [4.78, 5) is 13.9. The van der Waals surface area contributed by atoms with Gasteiger partial charge in [0.05, 0.1) is 23.0 Å². The van der Waals surface area contributed by atoms with Gasteiger partial charge in [-0.25, -0.2) is 0 Å². The topological polar surface area (TPSA) is 67.6 Å². The molecule has 0 aliphatic rings. The lowest BCUT2D eigenvalue weighted by atomic mass is 10.2. The minimum absolute atomic E-state index is 0.144.